The number of rotatable bonds is 2. The van der Waals surface area contributed by atoms with Crippen LogP contribution in [0.1, 0.15) is 17.5 Å². The lowest BCUT2D eigenvalue weighted by atomic mass is 10.1. The van der Waals surface area contributed by atoms with Crippen LogP contribution in [0.25, 0.3) is 22.4 Å². The topological polar surface area (TPSA) is 78.0 Å². The molecular weight excluding hydrogens is 258 g/mol. The minimum absolute atomic E-state index is 0.170. The number of fused-ring (bicyclic) bond motifs is 1. The van der Waals surface area contributed by atoms with Crippen molar-refractivity contribution in [2.24, 2.45) is 7.05 Å². The van der Waals surface area contributed by atoms with Crippen molar-refractivity contribution in [3.05, 3.63) is 46.8 Å². The predicted octanol–water partition coefficient (Wildman–Crippen LogP) is 1.79. The summed E-state index contributed by atoms with van der Waals surface area (Å²) in [5, 5.41) is 0. The van der Waals surface area contributed by atoms with E-state index in [4.69, 9.17) is 4.42 Å². The maximum atomic E-state index is 11.5. The van der Waals surface area contributed by atoms with Gasteiger partial charge >= 0.3 is 5.76 Å². The Bertz CT molecular complexity index is 877. The predicted molar refractivity (Wildman–Crippen MR) is 72.5 cm³/mol. The van der Waals surface area contributed by atoms with Crippen LogP contribution in [0.15, 0.2) is 39.7 Å². The fourth-order valence-corrected chi connectivity index (χ4v) is 1.98. The zero-order valence-electron chi connectivity index (χ0n) is 11.0. The number of aromatic nitrogens is 3. The standard InChI is InChI=1S/C14H11N3O3/c1-8(18)13-15-6-5-10(16-13)9-3-4-12-11(7-9)17(2)14(19)20-12/h3-7H,1-2H3. The van der Waals surface area contributed by atoms with Gasteiger partial charge in [0.05, 0.1) is 11.2 Å². The molecule has 0 N–H and O–H groups in total. The molecule has 3 aromatic rings. The summed E-state index contributed by atoms with van der Waals surface area (Å²) < 4.78 is 6.49. The third-order valence-electron chi connectivity index (χ3n) is 3.06. The van der Waals surface area contributed by atoms with E-state index in [1.807, 2.05) is 0 Å². The zero-order valence-corrected chi connectivity index (χ0v) is 11.0. The Balaban J connectivity index is 2.19. The van der Waals surface area contributed by atoms with Gasteiger partial charge in [0.1, 0.15) is 0 Å². The first-order chi connectivity index (χ1) is 9.56. The van der Waals surface area contributed by atoms with E-state index in [1.54, 1.807) is 31.3 Å². The summed E-state index contributed by atoms with van der Waals surface area (Å²) in [4.78, 5) is 30.9. The second kappa shape index (κ2) is 4.41. The highest BCUT2D eigenvalue weighted by Gasteiger charge is 2.10. The SMILES string of the molecule is CC(=O)c1nccc(-c2ccc3oc(=O)n(C)c3c2)n1. The molecule has 0 aliphatic carbocycles. The summed E-state index contributed by atoms with van der Waals surface area (Å²) in [6, 6.07) is 7.01. The summed E-state index contributed by atoms with van der Waals surface area (Å²) >= 11 is 0. The van der Waals surface area contributed by atoms with Gasteiger partial charge in [-0.25, -0.2) is 14.8 Å². The van der Waals surface area contributed by atoms with Crippen LogP contribution in [0.2, 0.25) is 0 Å². The lowest BCUT2D eigenvalue weighted by molar-refractivity contribution is 0.100. The van der Waals surface area contributed by atoms with E-state index >= 15 is 0 Å². The molecule has 0 spiro atoms. The highest BCUT2D eigenvalue weighted by Crippen LogP contribution is 2.22. The van der Waals surface area contributed by atoms with Crippen molar-refractivity contribution in [1.29, 1.82) is 0 Å². The largest absolute Gasteiger partial charge is 0.419 e. The Morgan fingerprint density at radius 3 is 2.85 bits per heavy atom. The van der Waals surface area contributed by atoms with Gasteiger partial charge < -0.3 is 4.42 Å². The van der Waals surface area contributed by atoms with Gasteiger partial charge in [-0.3, -0.25) is 9.36 Å². The second-order valence-electron chi connectivity index (χ2n) is 4.43. The molecule has 0 saturated heterocycles. The fraction of sp³-hybridized carbons (Fsp3) is 0.143. The van der Waals surface area contributed by atoms with Gasteiger partial charge in [0, 0.05) is 25.7 Å². The number of benzene rings is 1. The fourth-order valence-electron chi connectivity index (χ4n) is 1.98. The smallest absolute Gasteiger partial charge is 0.408 e. The quantitative estimate of drug-likeness (QED) is 0.663. The number of ketones is 1. The van der Waals surface area contributed by atoms with Crippen molar-refractivity contribution >= 4 is 16.9 Å². The van der Waals surface area contributed by atoms with E-state index in [0.29, 0.717) is 16.8 Å². The zero-order chi connectivity index (χ0) is 14.3. The van der Waals surface area contributed by atoms with Crippen molar-refractivity contribution in [1.82, 2.24) is 14.5 Å². The van der Waals surface area contributed by atoms with Crippen LogP contribution >= 0.6 is 0 Å². The molecule has 6 heteroatoms. The molecule has 2 aromatic heterocycles. The molecule has 3 rings (SSSR count). The molecule has 0 unspecified atom stereocenters. The number of aryl methyl sites for hydroxylation is 1. The molecule has 20 heavy (non-hydrogen) atoms. The second-order valence-corrected chi connectivity index (χ2v) is 4.43. The van der Waals surface area contributed by atoms with Crippen molar-refractivity contribution in [3.8, 4) is 11.3 Å². The number of carbonyl (C=O) groups excluding carboxylic acids is 1. The van der Waals surface area contributed by atoms with E-state index in [1.165, 1.54) is 17.7 Å². The van der Waals surface area contributed by atoms with Gasteiger partial charge in [0.25, 0.3) is 0 Å². The van der Waals surface area contributed by atoms with Crippen LogP contribution in [-0.2, 0) is 7.05 Å². The van der Waals surface area contributed by atoms with Crippen LogP contribution in [-0.4, -0.2) is 20.3 Å². The lowest BCUT2D eigenvalue weighted by Crippen LogP contribution is -2.08. The highest BCUT2D eigenvalue weighted by molar-refractivity contribution is 5.90. The minimum Gasteiger partial charge on any atom is -0.408 e. The Morgan fingerprint density at radius 1 is 1.30 bits per heavy atom. The number of nitrogens with zero attached hydrogens (tertiary/aromatic N) is 3. The van der Waals surface area contributed by atoms with E-state index in [0.717, 1.165) is 5.56 Å². The molecule has 0 amide bonds. The van der Waals surface area contributed by atoms with E-state index < -0.39 is 5.76 Å². The molecule has 1 aromatic carbocycles. The van der Waals surface area contributed by atoms with Gasteiger partial charge in [0.2, 0.25) is 0 Å². The number of oxazole rings is 1. The summed E-state index contributed by atoms with van der Waals surface area (Å²) in [6.07, 6.45) is 1.54. The molecule has 0 radical (unpaired) electrons. The van der Waals surface area contributed by atoms with Crippen molar-refractivity contribution in [2.75, 3.05) is 0 Å². The molecule has 2 heterocycles. The molecule has 0 aliphatic heterocycles. The van der Waals surface area contributed by atoms with Crippen LogP contribution in [0, 0.1) is 0 Å². The Kier molecular flexibility index (Phi) is 2.71. The number of carbonyl (C=O) groups is 1. The van der Waals surface area contributed by atoms with E-state index in [-0.39, 0.29) is 11.6 Å². The molecular formula is C14H11N3O3. The highest BCUT2D eigenvalue weighted by atomic mass is 16.4. The summed E-state index contributed by atoms with van der Waals surface area (Å²) in [5.74, 6) is -0.434. The Hall–Kier alpha value is -2.76. The van der Waals surface area contributed by atoms with Crippen molar-refractivity contribution in [2.45, 2.75) is 6.92 Å². The first kappa shape index (κ1) is 12.3. The van der Waals surface area contributed by atoms with Gasteiger partial charge in [-0.1, -0.05) is 0 Å². The molecule has 0 aliphatic rings. The summed E-state index contributed by atoms with van der Waals surface area (Å²) in [7, 11) is 1.64. The molecule has 0 bridgehead atoms. The first-order valence-corrected chi connectivity index (χ1v) is 6.00. The van der Waals surface area contributed by atoms with Crippen LogP contribution in [0.4, 0.5) is 0 Å². The average molecular weight is 269 g/mol. The van der Waals surface area contributed by atoms with E-state index in [2.05, 4.69) is 9.97 Å². The average Bonchev–Trinajstić information content (AvgIpc) is 2.74. The van der Waals surface area contributed by atoms with Crippen LogP contribution in [0.3, 0.4) is 0 Å². The third-order valence-corrected chi connectivity index (χ3v) is 3.06. The number of hydrogen-bond acceptors (Lipinski definition) is 5. The molecule has 100 valence electrons. The van der Waals surface area contributed by atoms with Gasteiger partial charge in [-0.2, -0.15) is 0 Å². The number of hydrogen-bond donors (Lipinski definition) is 0. The Morgan fingerprint density at radius 2 is 2.10 bits per heavy atom. The van der Waals surface area contributed by atoms with Gasteiger partial charge in [-0.15, -0.1) is 0 Å². The maximum Gasteiger partial charge on any atom is 0.419 e. The van der Waals surface area contributed by atoms with Crippen LogP contribution < -0.4 is 5.76 Å². The molecule has 6 nitrogen and oxygen atoms in total. The van der Waals surface area contributed by atoms with Gasteiger partial charge in [-0.05, 0) is 24.3 Å². The van der Waals surface area contributed by atoms with Gasteiger partial charge in [0.15, 0.2) is 17.2 Å². The van der Waals surface area contributed by atoms with Crippen molar-refractivity contribution < 1.29 is 9.21 Å². The van der Waals surface area contributed by atoms with Crippen molar-refractivity contribution in [3.63, 3.8) is 0 Å². The van der Waals surface area contributed by atoms with Crippen LogP contribution in [0.5, 0.6) is 0 Å². The monoisotopic (exact) mass is 269 g/mol. The minimum atomic E-state index is -0.413. The molecule has 0 atom stereocenters. The first-order valence-electron chi connectivity index (χ1n) is 6.00. The normalized spacial score (nSPS) is 10.9. The number of Topliss-reactive ketones (excluding diaryl/α,β-unsaturated/α-hetero) is 1. The summed E-state index contributed by atoms with van der Waals surface area (Å²) in [5.41, 5.74) is 2.61. The third kappa shape index (κ3) is 1.91. The molecule has 0 fully saturated rings. The summed E-state index contributed by atoms with van der Waals surface area (Å²) in [6.45, 7) is 1.42. The Labute approximate surface area is 113 Å². The lowest BCUT2D eigenvalue weighted by Gasteiger charge is -2.02. The maximum absolute atomic E-state index is 11.5. The molecule has 0 saturated carbocycles. The van der Waals surface area contributed by atoms with E-state index in [9.17, 15) is 9.59 Å².